The lowest BCUT2D eigenvalue weighted by Crippen LogP contribution is -2.36. The van der Waals surface area contributed by atoms with Gasteiger partial charge in [0.05, 0.1) is 5.76 Å². The predicted molar refractivity (Wildman–Crippen MR) is 53.8 cm³/mol. The van der Waals surface area contributed by atoms with Crippen LogP contribution in [0.2, 0.25) is 0 Å². The van der Waals surface area contributed by atoms with Gasteiger partial charge in [-0.05, 0) is 19.9 Å². The zero-order valence-corrected chi connectivity index (χ0v) is 8.78. The first kappa shape index (κ1) is 10.8. The number of hydrogen-bond acceptors (Lipinski definition) is 3. The van der Waals surface area contributed by atoms with Gasteiger partial charge in [0.2, 0.25) is 0 Å². The van der Waals surface area contributed by atoms with E-state index in [9.17, 15) is 9.90 Å². The molecule has 0 spiro atoms. The Morgan fingerprint density at radius 1 is 1.64 bits per heavy atom. The quantitative estimate of drug-likeness (QED) is 0.689. The van der Waals surface area contributed by atoms with E-state index in [0.717, 1.165) is 0 Å². The summed E-state index contributed by atoms with van der Waals surface area (Å²) in [5.41, 5.74) is -0.565. The standard InChI is InChI=1S/C11H16O3/c1-8(12)14-11(2,3)9-5-4-6-10(13)7-9/h4-6,9,13H,7H2,1-3H3. The highest BCUT2D eigenvalue weighted by atomic mass is 16.6. The summed E-state index contributed by atoms with van der Waals surface area (Å²) < 4.78 is 5.20. The number of aliphatic hydroxyl groups excluding tert-OH is 1. The van der Waals surface area contributed by atoms with Crippen molar-refractivity contribution in [2.75, 3.05) is 0 Å². The van der Waals surface area contributed by atoms with Crippen LogP contribution < -0.4 is 0 Å². The van der Waals surface area contributed by atoms with E-state index in [4.69, 9.17) is 4.74 Å². The highest BCUT2D eigenvalue weighted by molar-refractivity contribution is 5.66. The van der Waals surface area contributed by atoms with E-state index in [0.29, 0.717) is 12.2 Å². The van der Waals surface area contributed by atoms with Crippen LogP contribution in [0.4, 0.5) is 0 Å². The van der Waals surface area contributed by atoms with Crippen LogP contribution in [0.15, 0.2) is 24.0 Å². The fraction of sp³-hybridized carbons (Fsp3) is 0.545. The van der Waals surface area contributed by atoms with E-state index in [1.54, 1.807) is 12.2 Å². The Kier molecular flexibility index (Phi) is 2.99. The first-order valence-corrected chi connectivity index (χ1v) is 4.68. The molecule has 1 N–H and O–H groups in total. The van der Waals surface area contributed by atoms with Gasteiger partial charge >= 0.3 is 5.97 Å². The van der Waals surface area contributed by atoms with Gasteiger partial charge in [0.25, 0.3) is 0 Å². The van der Waals surface area contributed by atoms with Crippen LogP contribution in [0.3, 0.4) is 0 Å². The van der Waals surface area contributed by atoms with E-state index in [2.05, 4.69) is 0 Å². The number of esters is 1. The second-order valence-electron chi connectivity index (χ2n) is 4.05. The van der Waals surface area contributed by atoms with Crippen molar-refractivity contribution in [3.05, 3.63) is 24.0 Å². The molecule has 1 rings (SSSR count). The van der Waals surface area contributed by atoms with Crippen LogP contribution in [0.25, 0.3) is 0 Å². The Hall–Kier alpha value is -1.25. The molecule has 0 fully saturated rings. The van der Waals surface area contributed by atoms with Crippen molar-refractivity contribution in [3.8, 4) is 0 Å². The Morgan fingerprint density at radius 3 is 2.79 bits per heavy atom. The van der Waals surface area contributed by atoms with Crippen LogP contribution in [-0.2, 0) is 9.53 Å². The average Bonchev–Trinajstić information content (AvgIpc) is 2.01. The molecule has 14 heavy (non-hydrogen) atoms. The van der Waals surface area contributed by atoms with Crippen molar-refractivity contribution in [2.45, 2.75) is 32.8 Å². The third kappa shape index (κ3) is 2.62. The summed E-state index contributed by atoms with van der Waals surface area (Å²) >= 11 is 0. The lowest BCUT2D eigenvalue weighted by atomic mass is 9.85. The normalized spacial score (nSPS) is 21.6. The molecule has 3 nitrogen and oxygen atoms in total. The van der Waals surface area contributed by atoms with Crippen LogP contribution >= 0.6 is 0 Å². The highest BCUT2D eigenvalue weighted by Gasteiger charge is 2.32. The van der Waals surface area contributed by atoms with Gasteiger partial charge in [0.1, 0.15) is 5.60 Å². The molecular weight excluding hydrogens is 180 g/mol. The highest BCUT2D eigenvalue weighted by Crippen LogP contribution is 2.30. The maximum absolute atomic E-state index is 10.9. The molecular formula is C11H16O3. The van der Waals surface area contributed by atoms with E-state index in [1.807, 2.05) is 19.9 Å². The summed E-state index contributed by atoms with van der Waals surface area (Å²) in [6.45, 7) is 5.09. The average molecular weight is 196 g/mol. The maximum Gasteiger partial charge on any atom is 0.303 e. The van der Waals surface area contributed by atoms with E-state index < -0.39 is 5.60 Å². The van der Waals surface area contributed by atoms with Crippen LogP contribution in [0, 0.1) is 5.92 Å². The van der Waals surface area contributed by atoms with E-state index in [1.165, 1.54) is 6.92 Å². The van der Waals surface area contributed by atoms with Crippen LogP contribution in [0.1, 0.15) is 27.2 Å². The zero-order chi connectivity index (χ0) is 10.8. The Bertz CT molecular complexity index is 287. The van der Waals surface area contributed by atoms with Crippen molar-refractivity contribution in [1.82, 2.24) is 0 Å². The third-order valence-corrected chi connectivity index (χ3v) is 2.36. The minimum absolute atomic E-state index is 0.0383. The summed E-state index contributed by atoms with van der Waals surface area (Å²) in [6, 6.07) is 0. The van der Waals surface area contributed by atoms with Gasteiger partial charge in [0.15, 0.2) is 0 Å². The van der Waals surface area contributed by atoms with E-state index >= 15 is 0 Å². The molecule has 0 saturated heterocycles. The molecule has 0 saturated carbocycles. The van der Waals surface area contributed by atoms with Crippen molar-refractivity contribution >= 4 is 5.97 Å². The van der Waals surface area contributed by atoms with Gasteiger partial charge in [-0.15, -0.1) is 0 Å². The number of rotatable bonds is 2. The second-order valence-corrected chi connectivity index (χ2v) is 4.05. The molecule has 1 atom stereocenters. The fourth-order valence-electron chi connectivity index (χ4n) is 1.59. The summed E-state index contributed by atoms with van der Waals surface area (Å²) in [5.74, 6) is 0.0755. The minimum atomic E-state index is -0.565. The van der Waals surface area contributed by atoms with Gasteiger partial charge < -0.3 is 9.84 Å². The molecule has 0 radical (unpaired) electrons. The monoisotopic (exact) mass is 196 g/mol. The summed E-state index contributed by atoms with van der Waals surface area (Å²) in [6.07, 6.45) is 5.91. The van der Waals surface area contributed by atoms with Gasteiger partial charge in [0, 0.05) is 19.3 Å². The van der Waals surface area contributed by atoms with Gasteiger partial charge in [-0.2, -0.15) is 0 Å². The van der Waals surface area contributed by atoms with Gasteiger partial charge in [-0.1, -0.05) is 12.2 Å². The number of ether oxygens (including phenoxy) is 1. The summed E-state index contributed by atoms with van der Waals surface area (Å²) in [7, 11) is 0. The van der Waals surface area contributed by atoms with E-state index in [-0.39, 0.29) is 11.9 Å². The number of allylic oxidation sites excluding steroid dienone is 3. The second kappa shape index (κ2) is 3.86. The fourth-order valence-corrected chi connectivity index (χ4v) is 1.59. The molecule has 0 aromatic heterocycles. The third-order valence-electron chi connectivity index (χ3n) is 2.36. The van der Waals surface area contributed by atoms with Crippen LogP contribution in [0.5, 0.6) is 0 Å². The molecule has 0 aromatic carbocycles. The van der Waals surface area contributed by atoms with Crippen molar-refractivity contribution in [2.24, 2.45) is 5.92 Å². The SMILES string of the molecule is CC(=O)OC(C)(C)C1C=CC=C(O)C1. The largest absolute Gasteiger partial charge is 0.512 e. The molecule has 1 aliphatic rings. The summed E-state index contributed by atoms with van der Waals surface area (Å²) in [5, 5.41) is 9.35. The Balaban J connectivity index is 2.69. The predicted octanol–water partition coefficient (Wildman–Crippen LogP) is 2.35. The molecule has 0 bridgehead atoms. The number of hydrogen-bond donors (Lipinski definition) is 1. The summed E-state index contributed by atoms with van der Waals surface area (Å²) in [4.78, 5) is 10.9. The molecule has 0 heterocycles. The van der Waals surface area contributed by atoms with Crippen molar-refractivity contribution < 1.29 is 14.6 Å². The van der Waals surface area contributed by atoms with Gasteiger partial charge in [-0.25, -0.2) is 0 Å². The zero-order valence-electron chi connectivity index (χ0n) is 8.78. The lowest BCUT2D eigenvalue weighted by molar-refractivity contribution is -0.157. The van der Waals surface area contributed by atoms with Crippen molar-refractivity contribution in [1.29, 1.82) is 0 Å². The smallest absolute Gasteiger partial charge is 0.303 e. The Morgan fingerprint density at radius 2 is 2.29 bits per heavy atom. The topological polar surface area (TPSA) is 46.5 Å². The van der Waals surface area contributed by atoms with Crippen molar-refractivity contribution in [3.63, 3.8) is 0 Å². The molecule has 1 aliphatic carbocycles. The number of carbonyl (C=O) groups excluding carboxylic acids is 1. The first-order chi connectivity index (χ1) is 6.42. The number of aliphatic hydroxyl groups is 1. The lowest BCUT2D eigenvalue weighted by Gasteiger charge is -2.32. The molecule has 0 aliphatic heterocycles. The maximum atomic E-state index is 10.9. The minimum Gasteiger partial charge on any atom is -0.512 e. The number of carbonyl (C=O) groups is 1. The molecule has 78 valence electrons. The molecule has 3 heteroatoms. The Labute approximate surface area is 84.1 Å². The molecule has 1 unspecified atom stereocenters. The first-order valence-electron chi connectivity index (χ1n) is 4.68. The van der Waals surface area contributed by atoms with Gasteiger partial charge in [-0.3, -0.25) is 4.79 Å². The molecule has 0 amide bonds. The molecule has 0 aromatic rings. The van der Waals surface area contributed by atoms with Crippen LogP contribution in [-0.4, -0.2) is 16.7 Å².